The molecule has 0 spiro atoms. The van der Waals surface area contributed by atoms with Gasteiger partial charge in [-0.3, -0.25) is 9.10 Å². The van der Waals surface area contributed by atoms with Crippen LogP contribution in [0.15, 0.2) is 42.5 Å². The minimum absolute atomic E-state index is 0.00406. The molecule has 0 atom stereocenters. The molecule has 0 saturated heterocycles. The molecule has 0 radical (unpaired) electrons. The lowest BCUT2D eigenvalue weighted by molar-refractivity contribution is -0.119. The number of hydrogen-bond acceptors (Lipinski definition) is 6. The van der Waals surface area contributed by atoms with Gasteiger partial charge in [0, 0.05) is 6.54 Å². The SMILES string of the molecule is COc1ccc(N(CC(=O)NCc2ccc(OC(C)C)c(OC)c2)S(C)(=O)=O)cc1. The van der Waals surface area contributed by atoms with Gasteiger partial charge in [0.05, 0.1) is 32.3 Å². The zero-order chi connectivity index (χ0) is 22.3. The van der Waals surface area contributed by atoms with E-state index >= 15 is 0 Å². The molecule has 164 valence electrons. The highest BCUT2D eigenvalue weighted by atomic mass is 32.2. The van der Waals surface area contributed by atoms with Crippen molar-refractivity contribution in [2.45, 2.75) is 26.5 Å². The molecule has 0 aliphatic heterocycles. The van der Waals surface area contributed by atoms with Crippen LogP contribution >= 0.6 is 0 Å². The predicted octanol–water partition coefficient (Wildman–Crippen LogP) is 2.57. The second-order valence-electron chi connectivity index (χ2n) is 6.90. The molecule has 0 unspecified atom stereocenters. The van der Waals surface area contributed by atoms with E-state index in [2.05, 4.69) is 5.32 Å². The van der Waals surface area contributed by atoms with Crippen molar-refractivity contribution >= 4 is 21.6 Å². The van der Waals surface area contributed by atoms with Crippen molar-refractivity contribution in [2.75, 3.05) is 31.3 Å². The van der Waals surface area contributed by atoms with Crippen LogP contribution in [-0.2, 0) is 21.4 Å². The van der Waals surface area contributed by atoms with Gasteiger partial charge in [-0.1, -0.05) is 6.07 Å². The number of nitrogens with one attached hydrogen (secondary N) is 1. The molecule has 0 aliphatic rings. The normalized spacial score (nSPS) is 11.1. The molecular formula is C21H28N2O6S. The molecule has 0 fully saturated rings. The van der Waals surface area contributed by atoms with Crippen molar-refractivity contribution in [2.24, 2.45) is 0 Å². The first-order valence-corrected chi connectivity index (χ1v) is 11.2. The smallest absolute Gasteiger partial charge is 0.241 e. The van der Waals surface area contributed by atoms with Crippen LogP contribution in [0, 0.1) is 0 Å². The summed E-state index contributed by atoms with van der Waals surface area (Å²) in [5.41, 5.74) is 1.18. The van der Waals surface area contributed by atoms with E-state index in [9.17, 15) is 13.2 Å². The maximum Gasteiger partial charge on any atom is 0.241 e. The zero-order valence-electron chi connectivity index (χ0n) is 17.8. The largest absolute Gasteiger partial charge is 0.497 e. The quantitative estimate of drug-likeness (QED) is 0.615. The number of hydrogen-bond donors (Lipinski definition) is 1. The summed E-state index contributed by atoms with van der Waals surface area (Å²) >= 11 is 0. The fourth-order valence-corrected chi connectivity index (χ4v) is 3.57. The van der Waals surface area contributed by atoms with E-state index in [0.717, 1.165) is 16.1 Å². The molecule has 30 heavy (non-hydrogen) atoms. The second kappa shape index (κ2) is 10.2. The molecule has 0 saturated carbocycles. The standard InChI is InChI=1S/C21H28N2O6S/c1-15(2)29-19-11-6-16(12-20(19)28-4)13-22-21(24)14-23(30(5,25)26)17-7-9-18(27-3)10-8-17/h6-12,15H,13-14H2,1-5H3,(H,22,24). The topological polar surface area (TPSA) is 94.2 Å². The van der Waals surface area contributed by atoms with Gasteiger partial charge in [0.25, 0.3) is 0 Å². The average Bonchev–Trinajstić information content (AvgIpc) is 2.70. The molecule has 0 bridgehead atoms. The van der Waals surface area contributed by atoms with Crippen LogP contribution in [0.4, 0.5) is 5.69 Å². The van der Waals surface area contributed by atoms with E-state index in [1.165, 1.54) is 7.11 Å². The third-order valence-electron chi connectivity index (χ3n) is 4.13. The van der Waals surface area contributed by atoms with Crippen LogP contribution in [0.25, 0.3) is 0 Å². The number of methoxy groups -OCH3 is 2. The molecule has 0 aromatic heterocycles. The molecule has 8 nitrogen and oxygen atoms in total. The Balaban J connectivity index is 2.07. The van der Waals surface area contributed by atoms with Gasteiger partial charge in [-0.2, -0.15) is 0 Å². The van der Waals surface area contributed by atoms with E-state index in [4.69, 9.17) is 14.2 Å². The molecule has 9 heteroatoms. The number of ether oxygens (including phenoxy) is 3. The second-order valence-corrected chi connectivity index (χ2v) is 8.80. The number of anilines is 1. The zero-order valence-corrected chi connectivity index (χ0v) is 18.7. The summed E-state index contributed by atoms with van der Waals surface area (Å²) in [4.78, 5) is 12.4. The van der Waals surface area contributed by atoms with Crippen molar-refractivity contribution in [1.29, 1.82) is 0 Å². The molecule has 0 aliphatic carbocycles. The Hall–Kier alpha value is -2.94. The lowest BCUT2D eigenvalue weighted by atomic mass is 10.2. The summed E-state index contributed by atoms with van der Waals surface area (Å²) in [6.45, 7) is 3.72. The number of carbonyl (C=O) groups is 1. The van der Waals surface area contributed by atoms with Gasteiger partial charge in [-0.25, -0.2) is 8.42 Å². The Labute approximate surface area is 177 Å². The molecule has 1 N–H and O–H groups in total. The number of nitrogens with zero attached hydrogens (tertiary/aromatic N) is 1. The Morgan fingerprint density at radius 2 is 1.70 bits per heavy atom. The van der Waals surface area contributed by atoms with Crippen LogP contribution in [0.2, 0.25) is 0 Å². The van der Waals surface area contributed by atoms with Gasteiger partial charge in [0.1, 0.15) is 12.3 Å². The van der Waals surface area contributed by atoms with Crippen molar-refractivity contribution in [3.05, 3.63) is 48.0 Å². The molecular weight excluding hydrogens is 408 g/mol. The van der Waals surface area contributed by atoms with Crippen molar-refractivity contribution in [3.63, 3.8) is 0 Å². The molecule has 0 heterocycles. The summed E-state index contributed by atoms with van der Waals surface area (Å²) in [6.07, 6.45) is 1.06. The van der Waals surface area contributed by atoms with E-state index < -0.39 is 15.9 Å². The highest BCUT2D eigenvalue weighted by Gasteiger charge is 2.21. The number of rotatable bonds is 10. The van der Waals surface area contributed by atoms with E-state index in [0.29, 0.717) is 22.9 Å². The molecule has 2 aromatic rings. The first kappa shape index (κ1) is 23.3. The minimum Gasteiger partial charge on any atom is -0.497 e. The van der Waals surface area contributed by atoms with Gasteiger partial charge in [0.15, 0.2) is 11.5 Å². The lowest BCUT2D eigenvalue weighted by Gasteiger charge is -2.22. The third kappa shape index (κ3) is 6.55. The molecule has 2 aromatic carbocycles. The van der Waals surface area contributed by atoms with Gasteiger partial charge in [-0.05, 0) is 55.8 Å². The lowest BCUT2D eigenvalue weighted by Crippen LogP contribution is -2.40. The number of carbonyl (C=O) groups excluding carboxylic acids is 1. The summed E-state index contributed by atoms with van der Waals surface area (Å²) in [6, 6.07) is 11.8. The highest BCUT2D eigenvalue weighted by molar-refractivity contribution is 7.92. The van der Waals surface area contributed by atoms with Crippen molar-refractivity contribution < 1.29 is 27.4 Å². The average molecular weight is 437 g/mol. The summed E-state index contributed by atoms with van der Waals surface area (Å²) in [5.74, 6) is 1.34. The Morgan fingerprint density at radius 1 is 1.03 bits per heavy atom. The predicted molar refractivity (Wildman–Crippen MR) is 116 cm³/mol. The van der Waals surface area contributed by atoms with Gasteiger partial charge in [-0.15, -0.1) is 0 Å². The maximum absolute atomic E-state index is 12.4. The summed E-state index contributed by atoms with van der Waals surface area (Å²) < 4.78 is 41.5. The summed E-state index contributed by atoms with van der Waals surface area (Å²) in [5, 5.41) is 2.74. The van der Waals surface area contributed by atoms with E-state index in [1.807, 2.05) is 19.9 Å². The third-order valence-corrected chi connectivity index (χ3v) is 5.27. The fourth-order valence-electron chi connectivity index (χ4n) is 2.71. The fraction of sp³-hybridized carbons (Fsp3) is 0.381. The van der Waals surface area contributed by atoms with Gasteiger partial charge >= 0.3 is 0 Å². The number of amides is 1. The first-order chi connectivity index (χ1) is 14.1. The number of benzene rings is 2. The Morgan fingerprint density at radius 3 is 2.23 bits per heavy atom. The van der Waals surface area contributed by atoms with Crippen LogP contribution in [-0.4, -0.2) is 47.4 Å². The minimum atomic E-state index is -3.65. The van der Waals surface area contributed by atoms with Crippen LogP contribution in [0.3, 0.4) is 0 Å². The van der Waals surface area contributed by atoms with Gasteiger partial charge < -0.3 is 19.5 Å². The first-order valence-electron chi connectivity index (χ1n) is 9.36. The van der Waals surface area contributed by atoms with Crippen molar-refractivity contribution in [3.8, 4) is 17.2 Å². The molecule has 1 amide bonds. The summed E-state index contributed by atoms with van der Waals surface area (Å²) in [7, 11) is -0.582. The van der Waals surface area contributed by atoms with Crippen LogP contribution in [0.1, 0.15) is 19.4 Å². The molecule has 2 rings (SSSR count). The monoisotopic (exact) mass is 436 g/mol. The van der Waals surface area contributed by atoms with Crippen LogP contribution in [0.5, 0.6) is 17.2 Å². The van der Waals surface area contributed by atoms with E-state index in [1.54, 1.807) is 43.5 Å². The highest BCUT2D eigenvalue weighted by Crippen LogP contribution is 2.29. The van der Waals surface area contributed by atoms with Gasteiger partial charge in [0.2, 0.25) is 15.9 Å². The van der Waals surface area contributed by atoms with Crippen molar-refractivity contribution in [1.82, 2.24) is 5.32 Å². The van der Waals surface area contributed by atoms with E-state index in [-0.39, 0.29) is 19.2 Å². The number of sulfonamides is 1. The Bertz CT molecular complexity index is 958. The Kier molecular flexibility index (Phi) is 7.93. The van der Waals surface area contributed by atoms with Crippen LogP contribution < -0.4 is 23.8 Å². The maximum atomic E-state index is 12.4.